The van der Waals surface area contributed by atoms with Gasteiger partial charge in [-0.1, -0.05) is 12.1 Å². The largest absolute Gasteiger partial charge is 0.504 e. The number of ether oxygens (including phenoxy) is 1. The van der Waals surface area contributed by atoms with Gasteiger partial charge in [0, 0.05) is 12.1 Å². The van der Waals surface area contributed by atoms with Crippen molar-refractivity contribution in [3.63, 3.8) is 0 Å². The first-order chi connectivity index (χ1) is 7.81. The molecular weight excluding hydrogens is 202 g/mol. The van der Waals surface area contributed by atoms with Crippen LogP contribution in [0.1, 0.15) is 25.3 Å². The molecule has 16 heavy (non-hydrogen) atoms. The third-order valence-corrected chi connectivity index (χ3v) is 2.98. The molecule has 1 fully saturated rings. The molecule has 0 saturated carbocycles. The van der Waals surface area contributed by atoms with Crippen LogP contribution in [0.4, 0.5) is 0 Å². The zero-order valence-electron chi connectivity index (χ0n) is 9.78. The Labute approximate surface area is 96.6 Å². The lowest BCUT2D eigenvalue weighted by atomic mass is 10.1. The second kappa shape index (κ2) is 5.21. The molecule has 0 bridgehead atoms. The van der Waals surface area contributed by atoms with Gasteiger partial charge in [0.1, 0.15) is 0 Å². The van der Waals surface area contributed by atoms with Crippen molar-refractivity contribution in [3.05, 3.63) is 23.8 Å². The molecule has 0 aliphatic carbocycles. The molecule has 1 aliphatic rings. The molecule has 0 amide bonds. The first-order valence-electron chi connectivity index (χ1n) is 5.97. The Bertz CT molecular complexity index is 346. The molecule has 88 valence electrons. The molecule has 1 heterocycles. The van der Waals surface area contributed by atoms with Gasteiger partial charge in [-0.15, -0.1) is 0 Å². The van der Waals surface area contributed by atoms with Crippen LogP contribution in [0.5, 0.6) is 11.5 Å². The van der Waals surface area contributed by atoms with E-state index in [1.54, 1.807) is 0 Å². The van der Waals surface area contributed by atoms with Crippen LogP contribution in [0.25, 0.3) is 0 Å². The zero-order chi connectivity index (χ0) is 11.4. The van der Waals surface area contributed by atoms with Crippen LogP contribution in [-0.2, 0) is 6.54 Å². The lowest BCUT2D eigenvalue weighted by molar-refractivity contribution is 0.302. The fourth-order valence-corrected chi connectivity index (χ4v) is 2.15. The van der Waals surface area contributed by atoms with Gasteiger partial charge in [-0.2, -0.15) is 0 Å². The van der Waals surface area contributed by atoms with Crippen molar-refractivity contribution in [2.24, 2.45) is 0 Å². The summed E-state index contributed by atoms with van der Waals surface area (Å²) in [5.41, 5.74) is 0.966. The summed E-state index contributed by atoms with van der Waals surface area (Å²) in [5.74, 6) is 0.899. The van der Waals surface area contributed by atoms with Gasteiger partial charge in [0.2, 0.25) is 0 Å². The van der Waals surface area contributed by atoms with E-state index >= 15 is 0 Å². The van der Waals surface area contributed by atoms with Crippen LogP contribution in [0.2, 0.25) is 0 Å². The maximum absolute atomic E-state index is 10.0. The quantitative estimate of drug-likeness (QED) is 0.847. The van der Waals surface area contributed by atoms with Gasteiger partial charge in [0.15, 0.2) is 11.5 Å². The van der Waals surface area contributed by atoms with Gasteiger partial charge >= 0.3 is 0 Å². The fraction of sp³-hybridized carbons (Fsp3) is 0.538. The maximum Gasteiger partial charge on any atom is 0.162 e. The van der Waals surface area contributed by atoms with E-state index in [1.807, 2.05) is 25.1 Å². The number of likely N-dealkylation sites (tertiary alicyclic amines) is 1. The highest BCUT2D eigenvalue weighted by atomic mass is 16.5. The van der Waals surface area contributed by atoms with E-state index in [0.29, 0.717) is 18.1 Å². The van der Waals surface area contributed by atoms with Crippen molar-refractivity contribution in [1.82, 2.24) is 4.90 Å². The number of phenolic OH excluding ortho intramolecular Hbond substituents is 1. The standard InChI is InChI=1S/C13H19NO2/c1-2-16-12-7-5-6-11(13(12)15)10-14-8-3-4-9-14/h5-7,15H,2-4,8-10H2,1H3. The lowest BCUT2D eigenvalue weighted by Crippen LogP contribution is -2.18. The number of aromatic hydroxyl groups is 1. The average molecular weight is 221 g/mol. The van der Waals surface area contributed by atoms with Crippen molar-refractivity contribution >= 4 is 0 Å². The summed E-state index contributed by atoms with van der Waals surface area (Å²) in [6, 6.07) is 5.72. The Hall–Kier alpha value is -1.22. The van der Waals surface area contributed by atoms with Crippen LogP contribution < -0.4 is 4.74 Å². The number of para-hydroxylation sites is 1. The minimum absolute atomic E-state index is 0.302. The van der Waals surface area contributed by atoms with Crippen LogP contribution in [0.15, 0.2) is 18.2 Å². The molecule has 0 spiro atoms. The molecule has 2 rings (SSSR count). The van der Waals surface area contributed by atoms with Crippen molar-refractivity contribution in [2.45, 2.75) is 26.3 Å². The van der Waals surface area contributed by atoms with Gasteiger partial charge in [0.25, 0.3) is 0 Å². The SMILES string of the molecule is CCOc1cccc(CN2CCCC2)c1O. The Morgan fingerprint density at radius 3 is 2.75 bits per heavy atom. The molecule has 1 saturated heterocycles. The van der Waals surface area contributed by atoms with E-state index < -0.39 is 0 Å². The van der Waals surface area contributed by atoms with E-state index in [9.17, 15) is 5.11 Å². The highest BCUT2D eigenvalue weighted by Crippen LogP contribution is 2.31. The summed E-state index contributed by atoms with van der Waals surface area (Å²) in [6.07, 6.45) is 2.54. The first kappa shape index (κ1) is 11.3. The van der Waals surface area contributed by atoms with Gasteiger partial charge in [-0.05, 0) is 38.9 Å². The summed E-state index contributed by atoms with van der Waals surface area (Å²) in [4.78, 5) is 2.37. The topological polar surface area (TPSA) is 32.7 Å². The van der Waals surface area contributed by atoms with E-state index in [4.69, 9.17) is 4.74 Å². The molecule has 1 aromatic carbocycles. The number of phenols is 1. The van der Waals surface area contributed by atoms with Crippen LogP contribution in [0.3, 0.4) is 0 Å². The van der Waals surface area contributed by atoms with E-state index in [0.717, 1.165) is 25.2 Å². The van der Waals surface area contributed by atoms with Crippen molar-refractivity contribution in [2.75, 3.05) is 19.7 Å². The van der Waals surface area contributed by atoms with Crippen LogP contribution in [-0.4, -0.2) is 29.7 Å². The fourth-order valence-electron chi connectivity index (χ4n) is 2.15. The predicted octanol–water partition coefficient (Wildman–Crippen LogP) is 2.39. The maximum atomic E-state index is 10.0. The highest BCUT2D eigenvalue weighted by Gasteiger charge is 2.15. The molecule has 0 atom stereocenters. The summed E-state index contributed by atoms with van der Waals surface area (Å²) < 4.78 is 5.37. The minimum Gasteiger partial charge on any atom is -0.504 e. The number of nitrogens with zero attached hydrogens (tertiary/aromatic N) is 1. The summed E-state index contributed by atoms with van der Waals surface area (Å²) in [5, 5.41) is 10.0. The highest BCUT2D eigenvalue weighted by molar-refractivity contribution is 5.45. The Kier molecular flexibility index (Phi) is 3.67. The third kappa shape index (κ3) is 2.47. The van der Waals surface area contributed by atoms with Gasteiger partial charge in [-0.3, -0.25) is 4.90 Å². The van der Waals surface area contributed by atoms with Crippen LogP contribution in [0, 0.1) is 0 Å². The summed E-state index contributed by atoms with van der Waals surface area (Å²) in [7, 11) is 0. The second-order valence-corrected chi connectivity index (χ2v) is 4.18. The summed E-state index contributed by atoms with van der Waals surface area (Å²) >= 11 is 0. The molecule has 3 heteroatoms. The molecule has 0 radical (unpaired) electrons. The second-order valence-electron chi connectivity index (χ2n) is 4.18. The number of rotatable bonds is 4. The first-order valence-corrected chi connectivity index (χ1v) is 5.97. The zero-order valence-corrected chi connectivity index (χ0v) is 9.78. The lowest BCUT2D eigenvalue weighted by Gasteiger charge is -2.16. The van der Waals surface area contributed by atoms with E-state index in [-0.39, 0.29) is 0 Å². The molecular formula is C13H19NO2. The molecule has 1 N–H and O–H groups in total. The summed E-state index contributed by atoms with van der Waals surface area (Å²) in [6.45, 7) is 5.61. The molecule has 3 nitrogen and oxygen atoms in total. The van der Waals surface area contributed by atoms with Gasteiger partial charge < -0.3 is 9.84 Å². The molecule has 0 unspecified atom stereocenters. The average Bonchev–Trinajstić information content (AvgIpc) is 2.77. The van der Waals surface area contributed by atoms with E-state index in [1.165, 1.54) is 12.8 Å². The molecule has 1 aliphatic heterocycles. The van der Waals surface area contributed by atoms with Gasteiger partial charge in [-0.25, -0.2) is 0 Å². The van der Waals surface area contributed by atoms with Crippen molar-refractivity contribution < 1.29 is 9.84 Å². The Morgan fingerprint density at radius 1 is 1.31 bits per heavy atom. The normalized spacial score (nSPS) is 16.6. The minimum atomic E-state index is 0.302. The molecule has 0 aromatic heterocycles. The third-order valence-electron chi connectivity index (χ3n) is 2.98. The number of hydrogen-bond acceptors (Lipinski definition) is 3. The number of benzene rings is 1. The number of hydrogen-bond donors (Lipinski definition) is 1. The molecule has 1 aromatic rings. The monoisotopic (exact) mass is 221 g/mol. The Morgan fingerprint density at radius 2 is 2.06 bits per heavy atom. The smallest absolute Gasteiger partial charge is 0.162 e. The van der Waals surface area contributed by atoms with Gasteiger partial charge in [0.05, 0.1) is 6.61 Å². The van der Waals surface area contributed by atoms with Crippen LogP contribution >= 0.6 is 0 Å². The van der Waals surface area contributed by atoms with Crippen molar-refractivity contribution in [1.29, 1.82) is 0 Å². The predicted molar refractivity (Wildman–Crippen MR) is 63.8 cm³/mol. The van der Waals surface area contributed by atoms with E-state index in [2.05, 4.69) is 4.90 Å². The Balaban J connectivity index is 2.10. The van der Waals surface area contributed by atoms with Crippen molar-refractivity contribution in [3.8, 4) is 11.5 Å².